The van der Waals surface area contributed by atoms with Crippen molar-refractivity contribution in [1.82, 2.24) is 10.2 Å². The Hall–Kier alpha value is -1.99. The van der Waals surface area contributed by atoms with Gasteiger partial charge in [0.1, 0.15) is 6.04 Å². The Labute approximate surface area is 247 Å². The van der Waals surface area contributed by atoms with Crippen LogP contribution >= 0.6 is 50.9 Å². The average Bonchev–Trinajstić information content (AvgIpc) is 3.43. The van der Waals surface area contributed by atoms with E-state index in [4.69, 9.17) is 23.2 Å². The van der Waals surface area contributed by atoms with E-state index in [0.717, 1.165) is 46.8 Å². The van der Waals surface area contributed by atoms with Gasteiger partial charge in [0, 0.05) is 29.2 Å². The zero-order chi connectivity index (χ0) is 26.9. The highest BCUT2D eigenvalue weighted by molar-refractivity contribution is 9.10. The summed E-state index contributed by atoms with van der Waals surface area (Å²) in [5.74, 6) is 0.782. The molecule has 1 fully saturated rings. The molecule has 8 heteroatoms. The molecule has 1 aliphatic rings. The minimum absolute atomic E-state index is 0.0827. The van der Waals surface area contributed by atoms with Crippen LogP contribution in [-0.2, 0) is 28.3 Å². The Bertz CT molecular complexity index is 1220. The normalized spacial score (nSPS) is 14.3. The zero-order valence-electron chi connectivity index (χ0n) is 21.0. The first-order valence-corrected chi connectivity index (χ1v) is 15.5. The number of rotatable bonds is 11. The molecule has 1 aliphatic carbocycles. The Morgan fingerprint density at radius 3 is 2.29 bits per heavy atom. The minimum atomic E-state index is -0.645. The number of thioether (sulfide) groups is 1. The van der Waals surface area contributed by atoms with Gasteiger partial charge in [-0.05, 0) is 53.8 Å². The maximum Gasteiger partial charge on any atom is 0.243 e. The average molecular weight is 634 g/mol. The predicted molar refractivity (Wildman–Crippen MR) is 162 cm³/mol. The van der Waals surface area contributed by atoms with Crippen LogP contribution in [0.1, 0.15) is 42.4 Å². The number of nitrogens with zero attached hydrogens (tertiary/aromatic N) is 1. The molecule has 0 saturated heterocycles. The first-order chi connectivity index (χ1) is 18.4. The number of carbonyl (C=O) groups is 2. The standard InChI is InChI=1S/C30H31BrCl2N2O2S/c31-24-13-10-22(11-14-24)19-38-20-29(36)35(18-23-12-15-26(32)27(33)16-23)28(17-21-6-2-1-3-7-21)30(37)34-25-8-4-5-9-25/h1-3,6-7,10-16,25,28H,4-5,8-9,17-20H2,(H,34,37). The van der Waals surface area contributed by atoms with Crippen molar-refractivity contribution in [2.75, 3.05) is 5.75 Å². The van der Waals surface area contributed by atoms with Crippen molar-refractivity contribution in [3.05, 3.63) is 104 Å². The summed E-state index contributed by atoms with van der Waals surface area (Å²) in [4.78, 5) is 29.2. The molecule has 0 spiro atoms. The summed E-state index contributed by atoms with van der Waals surface area (Å²) in [5.41, 5.74) is 2.98. The molecule has 3 aromatic rings. The van der Waals surface area contributed by atoms with E-state index >= 15 is 0 Å². The van der Waals surface area contributed by atoms with E-state index < -0.39 is 6.04 Å². The third-order valence-electron chi connectivity index (χ3n) is 6.72. The molecular formula is C30H31BrCl2N2O2S. The topological polar surface area (TPSA) is 49.4 Å². The minimum Gasteiger partial charge on any atom is -0.352 e. The van der Waals surface area contributed by atoms with E-state index in [1.165, 1.54) is 0 Å². The second kappa shape index (κ2) is 14.4. The molecule has 1 unspecified atom stereocenters. The Balaban J connectivity index is 1.57. The van der Waals surface area contributed by atoms with Crippen molar-refractivity contribution in [2.45, 2.75) is 56.5 Å². The van der Waals surface area contributed by atoms with Gasteiger partial charge < -0.3 is 10.2 Å². The fourth-order valence-electron chi connectivity index (χ4n) is 4.68. The molecule has 0 aliphatic heterocycles. The van der Waals surface area contributed by atoms with E-state index in [2.05, 4.69) is 21.2 Å². The van der Waals surface area contributed by atoms with E-state index in [0.29, 0.717) is 22.2 Å². The van der Waals surface area contributed by atoms with Gasteiger partial charge in [-0.15, -0.1) is 11.8 Å². The molecule has 2 amide bonds. The fraction of sp³-hybridized carbons (Fsp3) is 0.333. The molecular weight excluding hydrogens is 603 g/mol. The number of halogens is 3. The fourth-order valence-corrected chi connectivity index (χ4v) is 6.13. The van der Waals surface area contributed by atoms with Crippen LogP contribution in [0.5, 0.6) is 0 Å². The van der Waals surface area contributed by atoms with Gasteiger partial charge in [0.15, 0.2) is 0 Å². The SMILES string of the molecule is O=C(NC1CCCC1)C(Cc1ccccc1)N(Cc1ccc(Cl)c(Cl)c1)C(=O)CSCc1ccc(Br)cc1. The van der Waals surface area contributed by atoms with E-state index in [-0.39, 0.29) is 30.2 Å². The lowest BCUT2D eigenvalue weighted by Gasteiger charge is -2.32. The summed E-state index contributed by atoms with van der Waals surface area (Å²) in [6.07, 6.45) is 4.63. The quantitative estimate of drug-likeness (QED) is 0.236. The predicted octanol–water partition coefficient (Wildman–Crippen LogP) is 7.69. The van der Waals surface area contributed by atoms with Gasteiger partial charge >= 0.3 is 0 Å². The maximum atomic E-state index is 13.8. The molecule has 4 rings (SSSR count). The highest BCUT2D eigenvalue weighted by atomic mass is 79.9. The van der Waals surface area contributed by atoms with Gasteiger partial charge in [0.05, 0.1) is 15.8 Å². The molecule has 4 nitrogen and oxygen atoms in total. The van der Waals surface area contributed by atoms with Crippen LogP contribution in [0.25, 0.3) is 0 Å². The maximum absolute atomic E-state index is 13.8. The van der Waals surface area contributed by atoms with Crippen LogP contribution in [-0.4, -0.2) is 34.6 Å². The van der Waals surface area contributed by atoms with Crippen molar-refractivity contribution in [2.24, 2.45) is 0 Å². The number of benzene rings is 3. The second-order valence-corrected chi connectivity index (χ2v) is 12.3. The van der Waals surface area contributed by atoms with Crippen LogP contribution in [0.15, 0.2) is 77.3 Å². The lowest BCUT2D eigenvalue weighted by Crippen LogP contribution is -2.52. The van der Waals surface area contributed by atoms with E-state index in [1.807, 2.05) is 60.7 Å². The van der Waals surface area contributed by atoms with Crippen LogP contribution in [0.2, 0.25) is 10.0 Å². The molecule has 0 radical (unpaired) electrons. The number of nitrogens with one attached hydrogen (secondary N) is 1. The van der Waals surface area contributed by atoms with Crippen LogP contribution in [0, 0.1) is 0 Å². The van der Waals surface area contributed by atoms with Gasteiger partial charge in [-0.1, -0.05) is 101 Å². The zero-order valence-corrected chi connectivity index (χ0v) is 25.0. The van der Waals surface area contributed by atoms with Crippen LogP contribution in [0.3, 0.4) is 0 Å². The van der Waals surface area contributed by atoms with Crippen molar-refractivity contribution in [3.8, 4) is 0 Å². The van der Waals surface area contributed by atoms with Gasteiger partial charge in [0.25, 0.3) is 0 Å². The van der Waals surface area contributed by atoms with Gasteiger partial charge in [-0.3, -0.25) is 9.59 Å². The summed E-state index contributed by atoms with van der Waals surface area (Å²) in [6.45, 7) is 0.268. The summed E-state index contributed by atoms with van der Waals surface area (Å²) in [6, 6.07) is 22.8. The summed E-state index contributed by atoms with van der Waals surface area (Å²) >= 11 is 17.5. The molecule has 0 bridgehead atoms. The molecule has 3 aromatic carbocycles. The van der Waals surface area contributed by atoms with Crippen molar-refractivity contribution in [1.29, 1.82) is 0 Å². The van der Waals surface area contributed by atoms with Crippen molar-refractivity contribution < 1.29 is 9.59 Å². The van der Waals surface area contributed by atoms with Crippen molar-refractivity contribution in [3.63, 3.8) is 0 Å². The van der Waals surface area contributed by atoms with Gasteiger partial charge in [-0.2, -0.15) is 0 Å². The second-order valence-electron chi connectivity index (χ2n) is 9.58. The van der Waals surface area contributed by atoms with Crippen molar-refractivity contribution >= 4 is 62.7 Å². The van der Waals surface area contributed by atoms with Crippen LogP contribution in [0.4, 0.5) is 0 Å². The van der Waals surface area contributed by atoms with Gasteiger partial charge in [0.2, 0.25) is 11.8 Å². The molecule has 200 valence electrons. The largest absolute Gasteiger partial charge is 0.352 e. The number of hydrogen-bond donors (Lipinski definition) is 1. The highest BCUT2D eigenvalue weighted by Crippen LogP contribution is 2.26. The lowest BCUT2D eigenvalue weighted by molar-refractivity contribution is -0.139. The molecule has 1 saturated carbocycles. The van der Waals surface area contributed by atoms with E-state index in [1.54, 1.807) is 28.8 Å². The number of carbonyl (C=O) groups excluding carboxylic acids is 2. The molecule has 1 N–H and O–H groups in total. The monoisotopic (exact) mass is 632 g/mol. The third-order valence-corrected chi connectivity index (χ3v) is 8.97. The first kappa shape index (κ1) is 29.0. The molecule has 0 heterocycles. The molecule has 38 heavy (non-hydrogen) atoms. The summed E-state index contributed by atoms with van der Waals surface area (Å²) in [5, 5.41) is 4.12. The highest BCUT2D eigenvalue weighted by Gasteiger charge is 2.32. The smallest absolute Gasteiger partial charge is 0.243 e. The van der Waals surface area contributed by atoms with Gasteiger partial charge in [-0.25, -0.2) is 0 Å². The van der Waals surface area contributed by atoms with Crippen LogP contribution < -0.4 is 5.32 Å². The Morgan fingerprint density at radius 1 is 0.921 bits per heavy atom. The Kier molecular flexibility index (Phi) is 11.0. The summed E-state index contributed by atoms with van der Waals surface area (Å²) in [7, 11) is 0. The molecule has 0 aromatic heterocycles. The third kappa shape index (κ3) is 8.51. The number of hydrogen-bond acceptors (Lipinski definition) is 3. The summed E-state index contributed by atoms with van der Waals surface area (Å²) < 4.78 is 1.02. The number of amides is 2. The van der Waals surface area contributed by atoms with E-state index in [9.17, 15) is 9.59 Å². The first-order valence-electron chi connectivity index (χ1n) is 12.8. The Morgan fingerprint density at radius 2 is 1.61 bits per heavy atom. The molecule has 1 atom stereocenters. The lowest BCUT2D eigenvalue weighted by atomic mass is 10.0.